The largest absolute Gasteiger partial charge is 0.376 e. The molecule has 136 valence electrons. The summed E-state index contributed by atoms with van der Waals surface area (Å²) in [6.45, 7) is 1.17. The van der Waals surface area contributed by atoms with Gasteiger partial charge in [-0.15, -0.1) is 0 Å². The van der Waals surface area contributed by atoms with E-state index in [-0.39, 0.29) is 24.3 Å². The Morgan fingerprint density at radius 1 is 1.12 bits per heavy atom. The summed E-state index contributed by atoms with van der Waals surface area (Å²) < 4.78 is 19.2. The molecule has 1 atom stereocenters. The summed E-state index contributed by atoms with van der Waals surface area (Å²) in [4.78, 5) is 24.7. The van der Waals surface area contributed by atoms with Crippen molar-refractivity contribution in [2.75, 3.05) is 18.5 Å². The molecule has 2 amide bonds. The SMILES string of the molecule is O=C(Cc1ccccc1F)Nc1ccccc1C(=O)NC[C@H]1CCCO1. The number of hydrogen-bond acceptors (Lipinski definition) is 3. The number of ether oxygens (including phenoxy) is 1. The molecule has 0 aliphatic carbocycles. The second-order valence-corrected chi connectivity index (χ2v) is 6.21. The average molecular weight is 356 g/mol. The highest BCUT2D eigenvalue weighted by Gasteiger charge is 2.18. The molecule has 0 saturated carbocycles. The van der Waals surface area contributed by atoms with Crippen LogP contribution in [0.25, 0.3) is 0 Å². The Morgan fingerprint density at radius 2 is 1.88 bits per heavy atom. The zero-order valence-corrected chi connectivity index (χ0v) is 14.3. The molecular formula is C20H21FN2O3. The highest BCUT2D eigenvalue weighted by atomic mass is 19.1. The first-order chi connectivity index (χ1) is 12.6. The zero-order chi connectivity index (χ0) is 18.4. The summed E-state index contributed by atoms with van der Waals surface area (Å²) in [5, 5.41) is 5.54. The van der Waals surface area contributed by atoms with E-state index in [4.69, 9.17) is 4.74 Å². The standard InChI is InChI=1S/C20H21FN2O3/c21-17-9-3-1-6-14(17)12-19(24)23-18-10-4-2-8-16(18)20(25)22-13-15-7-5-11-26-15/h1-4,6,8-10,15H,5,7,11-13H2,(H,22,25)(H,23,24)/t15-/m1/s1. The smallest absolute Gasteiger partial charge is 0.253 e. The number of rotatable bonds is 6. The van der Waals surface area contributed by atoms with Gasteiger partial charge < -0.3 is 15.4 Å². The minimum atomic E-state index is -0.426. The second-order valence-electron chi connectivity index (χ2n) is 6.21. The number of halogens is 1. The molecule has 1 saturated heterocycles. The van der Waals surface area contributed by atoms with Gasteiger partial charge in [0.25, 0.3) is 5.91 Å². The van der Waals surface area contributed by atoms with E-state index in [0.29, 0.717) is 23.4 Å². The molecule has 2 aromatic rings. The van der Waals surface area contributed by atoms with Gasteiger partial charge in [0.1, 0.15) is 5.82 Å². The van der Waals surface area contributed by atoms with Crippen molar-refractivity contribution in [3.63, 3.8) is 0 Å². The van der Waals surface area contributed by atoms with Crippen molar-refractivity contribution in [3.8, 4) is 0 Å². The van der Waals surface area contributed by atoms with Crippen LogP contribution in [0.4, 0.5) is 10.1 Å². The summed E-state index contributed by atoms with van der Waals surface area (Å²) in [6.07, 6.45) is 1.88. The Kier molecular flexibility index (Phi) is 5.96. The fourth-order valence-electron chi connectivity index (χ4n) is 2.91. The summed E-state index contributed by atoms with van der Waals surface area (Å²) in [5.41, 5.74) is 1.08. The van der Waals surface area contributed by atoms with Gasteiger partial charge in [-0.3, -0.25) is 9.59 Å². The molecule has 3 rings (SSSR count). The summed E-state index contributed by atoms with van der Waals surface area (Å²) in [6, 6.07) is 12.9. The molecule has 1 aliphatic rings. The highest BCUT2D eigenvalue weighted by molar-refractivity contribution is 6.04. The quantitative estimate of drug-likeness (QED) is 0.836. The van der Waals surface area contributed by atoms with Crippen LogP contribution in [0.1, 0.15) is 28.8 Å². The van der Waals surface area contributed by atoms with E-state index < -0.39 is 5.82 Å². The number of benzene rings is 2. The van der Waals surface area contributed by atoms with Crippen LogP contribution in [-0.2, 0) is 16.0 Å². The number of amides is 2. The van der Waals surface area contributed by atoms with E-state index >= 15 is 0 Å². The molecule has 0 unspecified atom stereocenters. The lowest BCUT2D eigenvalue weighted by atomic mass is 10.1. The lowest BCUT2D eigenvalue weighted by Crippen LogP contribution is -2.32. The number of anilines is 1. The van der Waals surface area contributed by atoms with E-state index in [0.717, 1.165) is 19.4 Å². The Hall–Kier alpha value is -2.73. The highest BCUT2D eigenvalue weighted by Crippen LogP contribution is 2.17. The first kappa shape index (κ1) is 18.1. The van der Waals surface area contributed by atoms with E-state index in [1.54, 1.807) is 42.5 Å². The van der Waals surface area contributed by atoms with E-state index in [1.165, 1.54) is 6.07 Å². The third kappa shape index (κ3) is 4.67. The Morgan fingerprint density at radius 3 is 2.65 bits per heavy atom. The maximum atomic E-state index is 13.7. The Balaban J connectivity index is 1.63. The van der Waals surface area contributed by atoms with Gasteiger partial charge in [0.2, 0.25) is 5.91 Å². The van der Waals surface area contributed by atoms with Crippen molar-refractivity contribution in [1.82, 2.24) is 5.32 Å². The summed E-state index contributed by atoms with van der Waals surface area (Å²) >= 11 is 0. The van der Waals surface area contributed by atoms with Crippen LogP contribution < -0.4 is 10.6 Å². The minimum absolute atomic E-state index is 0.0433. The maximum Gasteiger partial charge on any atom is 0.253 e. The maximum absolute atomic E-state index is 13.7. The minimum Gasteiger partial charge on any atom is -0.376 e. The first-order valence-corrected chi connectivity index (χ1v) is 8.65. The predicted molar refractivity (Wildman–Crippen MR) is 96.5 cm³/mol. The topological polar surface area (TPSA) is 67.4 Å². The molecule has 0 bridgehead atoms. The van der Waals surface area contributed by atoms with Gasteiger partial charge in [0.15, 0.2) is 0 Å². The molecule has 0 aromatic heterocycles. The Bertz CT molecular complexity index is 788. The Labute approximate surface area is 151 Å². The van der Waals surface area contributed by atoms with Crippen molar-refractivity contribution in [2.45, 2.75) is 25.4 Å². The van der Waals surface area contributed by atoms with Crippen molar-refractivity contribution in [2.24, 2.45) is 0 Å². The number of carbonyl (C=O) groups is 2. The molecule has 0 spiro atoms. The first-order valence-electron chi connectivity index (χ1n) is 8.65. The monoisotopic (exact) mass is 356 g/mol. The molecule has 5 nitrogen and oxygen atoms in total. The van der Waals surface area contributed by atoms with Crippen LogP contribution in [-0.4, -0.2) is 31.1 Å². The molecule has 1 fully saturated rings. The van der Waals surface area contributed by atoms with Crippen molar-refractivity contribution < 1.29 is 18.7 Å². The number of carbonyl (C=O) groups excluding carboxylic acids is 2. The van der Waals surface area contributed by atoms with Gasteiger partial charge in [-0.25, -0.2) is 4.39 Å². The molecule has 26 heavy (non-hydrogen) atoms. The van der Waals surface area contributed by atoms with Crippen molar-refractivity contribution in [3.05, 3.63) is 65.5 Å². The van der Waals surface area contributed by atoms with E-state index in [1.807, 2.05) is 0 Å². The molecule has 1 aliphatic heterocycles. The number of para-hydroxylation sites is 1. The normalized spacial score (nSPS) is 16.3. The van der Waals surface area contributed by atoms with Gasteiger partial charge >= 0.3 is 0 Å². The number of nitrogens with one attached hydrogen (secondary N) is 2. The van der Waals surface area contributed by atoms with E-state index in [9.17, 15) is 14.0 Å². The molecular weight excluding hydrogens is 335 g/mol. The molecule has 1 heterocycles. The molecule has 6 heteroatoms. The number of hydrogen-bond donors (Lipinski definition) is 2. The van der Waals surface area contributed by atoms with Gasteiger partial charge in [-0.1, -0.05) is 30.3 Å². The average Bonchev–Trinajstić information content (AvgIpc) is 3.16. The van der Waals surface area contributed by atoms with Gasteiger partial charge in [0, 0.05) is 13.2 Å². The van der Waals surface area contributed by atoms with Crippen LogP contribution in [0, 0.1) is 5.82 Å². The molecule has 2 N–H and O–H groups in total. The van der Waals surface area contributed by atoms with Crippen LogP contribution in [0.5, 0.6) is 0 Å². The van der Waals surface area contributed by atoms with Crippen LogP contribution in [0.15, 0.2) is 48.5 Å². The fourth-order valence-corrected chi connectivity index (χ4v) is 2.91. The second kappa shape index (κ2) is 8.58. The van der Waals surface area contributed by atoms with Crippen LogP contribution in [0.3, 0.4) is 0 Å². The van der Waals surface area contributed by atoms with Gasteiger partial charge in [-0.05, 0) is 36.6 Å². The zero-order valence-electron chi connectivity index (χ0n) is 14.3. The van der Waals surface area contributed by atoms with Gasteiger partial charge in [-0.2, -0.15) is 0 Å². The summed E-state index contributed by atoms with van der Waals surface area (Å²) in [7, 11) is 0. The lowest BCUT2D eigenvalue weighted by molar-refractivity contribution is -0.115. The third-order valence-electron chi connectivity index (χ3n) is 4.27. The fraction of sp³-hybridized carbons (Fsp3) is 0.300. The third-order valence-corrected chi connectivity index (χ3v) is 4.27. The van der Waals surface area contributed by atoms with Crippen molar-refractivity contribution in [1.29, 1.82) is 0 Å². The molecule has 2 aromatic carbocycles. The van der Waals surface area contributed by atoms with Crippen LogP contribution in [0.2, 0.25) is 0 Å². The molecule has 0 radical (unpaired) electrons. The summed E-state index contributed by atoms with van der Waals surface area (Å²) in [5.74, 6) is -1.08. The van der Waals surface area contributed by atoms with Crippen LogP contribution >= 0.6 is 0 Å². The van der Waals surface area contributed by atoms with Crippen molar-refractivity contribution >= 4 is 17.5 Å². The van der Waals surface area contributed by atoms with Gasteiger partial charge in [0.05, 0.1) is 23.8 Å². The lowest BCUT2D eigenvalue weighted by Gasteiger charge is -2.14. The predicted octanol–water partition coefficient (Wildman–Crippen LogP) is 2.92. The van der Waals surface area contributed by atoms with E-state index in [2.05, 4.69) is 10.6 Å².